The zero-order valence-electron chi connectivity index (χ0n) is 51.8. The fourth-order valence-electron chi connectivity index (χ4n) is 8.39. The van der Waals surface area contributed by atoms with Crippen molar-refractivity contribution in [3.05, 3.63) is 205 Å². The number of esters is 6. The van der Waals surface area contributed by atoms with E-state index in [-0.39, 0.29) is 17.4 Å². The van der Waals surface area contributed by atoms with Crippen molar-refractivity contribution in [3.8, 4) is 57.0 Å². The number of hydrogen-bond acceptors (Lipinski definition) is 19. The van der Waals surface area contributed by atoms with E-state index in [4.69, 9.17) is 51.8 Å². The minimum atomic E-state index is -0.509. The Morgan fingerprint density at radius 1 is 0.446 bits per heavy atom. The van der Waals surface area contributed by atoms with E-state index in [9.17, 15) is 28.8 Å². The normalized spacial score (nSPS) is 12.1. The van der Waals surface area contributed by atoms with Crippen LogP contribution in [0, 0.1) is 5.41 Å². The molecule has 480 valence electrons. The second-order valence-corrected chi connectivity index (χ2v) is 21.3. The van der Waals surface area contributed by atoms with Gasteiger partial charge in [0.1, 0.15) is 23.0 Å². The van der Waals surface area contributed by atoms with Crippen LogP contribution in [0.3, 0.4) is 0 Å². The SMILES string of the molecule is C=CC(=O)OCCCCOc1ccc(C(=O)Oc2ccc(-c3ccc(/C=C/C(=O)OCCCCOCC4(C)COC4)cc3)cc2)cc1.C=CC(=O)OCCCCOc1ccc(C(=O)Oc2ccc(-c3nnc(-c4ccc(/C=C/C(=O)OCCCC)cc4)o3)cc2)cc1. The summed E-state index contributed by atoms with van der Waals surface area (Å²) in [4.78, 5) is 71.1. The van der Waals surface area contributed by atoms with Gasteiger partial charge >= 0.3 is 35.8 Å². The molecule has 1 saturated heterocycles. The number of ether oxygens (including phenoxy) is 10. The van der Waals surface area contributed by atoms with Gasteiger partial charge in [0.2, 0.25) is 11.8 Å². The molecule has 1 fully saturated rings. The van der Waals surface area contributed by atoms with E-state index < -0.39 is 23.9 Å². The average Bonchev–Trinajstić information content (AvgIpc) is 1.86. The molecule has 1 aliphatic rings. The topological polar surface area (TPSA) is 234 Å². The first-order valence-corrected chi connectivity index (χ1v) is 30.4. The van der Waals surface area contributed by atoms with Gasteiger partial charge in [-0.2, -0.15) is 0 Å². The number of nitrogens with zero attached hydrogens (tertiary/aromatic N) is 2. The van der Waals surface area contributed by atoms with E-state index in [1.54, 1.807) is 97.1 Å². The van der Waals surface area contributed by atoms with E-state index in [0.29, 0.717) is 124 Å². The molecule has 1 aromatic heterocycles. The lowest BCUT2D eigenvalue weighted by Gasteiger charge is -2.37. The molecule has 0 atom stereocenters. The molecule has 0 amide bonds. The van der Waals surface area contributed by atoms with E-state index >= 15 is 0 Å². The highest BCUT2D eigenvalue weighted by Crippen LogP contribution is 2.29. The van der Waals surface area contributed by atoms with Crippen LogP contribution in [0.4, 0.5) is 0 Å². The summed E-state index contributed by atoms with van der Waals surface area (Å²) in [5.41, 5.74) is 5.96. The first kappa shape index (κ1) is 69.2. The number of benzene rings is 6. The third-order valence-electron chi connectivity index (χ3n) is 13.7. The van der Waals surface area contributed by atoms with Crippen LogP contribution in [0.25, 0.3) is 46.2 Å². The molecule has 0 bridgehead atoms. The van der Waals surface area contributed by atoms with E-state index in [1.807, 2.05) is 67.6 Å². The van der Waals surface area contributed by atoms with Gasteiger partial charge in [0.15, 0.2) is 0 Å². The molecule has 2 heterocycles. The zero-order valence-corrected chi connectivity index (χ0v) is 51.8. The van der Waals surface area contributed by atoms with Gasteiger partial charge in [0, 0.05) is 47.5 Å². The number of hydrogen-bond donors (Lipinski definition) is 0. The summed E-state index contributed by atoms with van der Waals surface area (Å²) in [6.07, 6.45) is 14.7. The summed E-state index contributed by atoms with van der Waals surface area (Å²) in [6.45, 7) is 16.1. The molecule has 19 nitrogen and oxygen atoms in total. The lowest BCUT2D eigenvalue weighted by atomic mass is 9.90. The van der Waals surface area contributed by atoms with Gasteiger partial charge in [-0.25, -0.2) is 28.8 Å². The van der Waals surface area contributed by atoms with Crippen LogP contribution in [-0.2, 0) is 47.6 Å². The molecule has 0 saturated carbocycles. The number of carbonyl (C=O) groups excluding carboxylic acids is 6. The number of aromatic nitrogens is 2. The Balaban J connectivity index is 0.000000261. The lowest BCUT2D eigenvalue weighted by molar-refractivity contribution is -0.140. The van der Waals surface area contributed by atoms with Crippen LogP contribution in [0.15, 0.2) is 187 Å². The Kier molecular flexibility index (Phi) is 28.4. The Hall–Kier alpha value is -10.2. The molecular formula is C73H76N2O17. The van der Waals surface area contributed by atoms with Crippen LogP contribution in [0.1, 0.15) is 97.1 Å². The molecule has 19 heteroatoms. The first-order valence-electron chi connectivity index (χ1n) is 30.4. The fourth-order valence-corrected chi connectivity index (χ4v) is 8.39. The first-order chi connectivity index (χ1) is 44.8. The van der Waals surface area contributed by atoms with Gasteiger partial charge in [-0.3, -0.25) is 0 Å². The maximum Gasteiger partial charge on any atom is 0.343 e. The van der Waals surface area contributed by atoms with Gasteiger partial charge in [0.25, 0.3) is 0 Å². The molecule has 0 unspecified atom stereocenters. The highest BCUT2D eigenvalue weighted by atomic mass is 16.6. The summed E-state index contributed by atoms with van der Waals surface area (Å²) in [5.74, 6) is 0.0976. The average molecular weight is 1250 g/mol. The van der Waals surface area contributed by atoms with Crippen LogP contribution >= 0.6 is 0 Å². The standard InChI is InChI=1S/C38H42O9.C35H34N2O8/c1-3-35(39)45-24-7-6-23-44-33-17-15-32(16-18-33)37(41)47-34-19-13-31(14-20-34)30-11-8-29(9-12-30)10-21-36(40)46-25-5-4-22-42-26-38(2)27-43-28-38;1-3-5-22-43-32(39)21-10-25-8-11-26(12-9-25)33-36-37-34(45-33)27-13-19-30(20-14-27)44-35(40)28-15-17-29(18-16-28)41-23-6-7-24-42-31(38)4-2/h3,8-21H,1,4-7,22-28H2,2H3;4,8-21H,2-3,5-7,22-24H2,1H3/b2*21-10+. The van der Waals surface area contributed by atoms with Crippen molar-refractivity contribution in [1.29, 1.82) is 0 Å². The molecule has 0 N–H and O–H groups in total. The molecule has 8 rings (SSSR count). The van der Waals surface area contributed by atoms with Crippen LogP contribution in [0.2, 0.25) is 0 Å². The van der Waals surface area contributed by atoms with Crippen LogP contribution in [-0.4, -0.2) is 112 Å². The largest absolute Gasteiger partial charge is 0.494 e. The molecule has 6 aromatic carbocycles. The Bertz CT molecular complexity index is 3530. The number of rotatable bonds is 35. The van der Waals surface area contributed by atoms with E-state index in [1.165, 1.54) is 12.2 Å². The molecule has 0 spiro atoms. The van der Waals surface area contributed by atoms with Gasteiger partial charge in [-0.05, 0) is 176 Å². The molecule has 92 heavy (non-hydrogen) atoms. The molecule has 0 radical (unpaired) electrons. The summed E-state index contributed by atoms with van der Waals surface area (Å²) < 4.78 is 59.4. The van der Waals surface area contributed by atoms with Crippen LogP contribution in [0.5, 0.6) is 23.0 Å². The van der Waals surface area contributed by atoms with Crippen molar-refractivity contribution in [2.75, 3.05) is 66.1 Å². The predicted molar refractivity (Wildman–Crippen MR) is 345 cm³/mol. The number of carbonyl (C=O) groups is 6. The van der Waals surface area contributed by atoms with Crippen molar-refractivity contribution < 1.29 is 80.6 Å². The molecule has 7 aromatic rings. The van der Waals surface area contributed by atoms with Gasteiger partial charge in [0.05, 0.1) is 70.6 Å². The minimum absolute atomic E-state index is 0.152. The van der Waals surface area contributed by atoms with Gasteiger partial charge in [-0.15, -0.1) is 10.2 Å². The predicted octanol–water partition coefficient (Wildman–Crippen LogP) is 13.7. The Morgan fingerprint density at radius 2 is 0.804 bits per heavy atom. The van der Waals surface area contributed by atoms with Crippen molar-refractivity contribution in [1.82, 2.24) is 10.2 Å². The monoisotopic (exact) mass is 1250 g/mol. The molecule has 0 aliphatic carbocycles. The Morgan fingerprint density at radius 3 is 1.21 bits per heavy atom. The second kappa shape index (κ2) is 37.7. The van der Waals surface area contributed by atoms with E-state index in [0.717, 1.165) is 85.3 Å². The van der Waals surface area contributed by atoms with Crippen molar-refractivity contribution in [3.63, 3.8) is 0 Å². The lowest BCUT2D eigenvalue weighted by Crippen LogP contribution is -2.43. The quantitative estimate of drug-likeness (QED) is 0.0118. The maximum absolute atomic E-state index is 12.6. The summed E-state index contributed by atoms with van der Waals surface area (Å²) in [6, 6.07) is 42.5. The summed E-state index contributed by atoms with van der Waals surface area (Å²) >= 11 is 0. The third-order valence-corrected chi connectivity index (χ3v) is 13.7. The zero-order chi connectivity index (χ0) is 65.2. The highest BCUT2D eigenvalue weighted by molar-refractivity contribution is 5.92. The van der Waals surface area contributed by atoms with Crippen molar-refractivity contribution >= 4 is 48.0 Å². The molecule has 1 aliphatic heterocycles. The fraction of sp³-hybridized carbons (Fsp3) is 0.288. The van der Waals surface area contributed by atoms with Crippen molar-refractivity contribution in [2.24, 2.45) is 5.41 Å². The maximum atomic E-state index is 12.6. The third kappa shape index (κ3) is 24.3. The smallest absolute Gasteiger partial charge is 0.343 e. The molecular weight excluding hydrogens is 1180 g/mol. The highest BCUT2D eigenvalue weighted by Gasteiger charge is 2.33. The van der Waals surface area contributed by atoms with Crippen LogP contribution < -0.4 is 18.9 Å². The van der Waals surface area contributed by atoms with E-state index in [2.05, 4.69) is 30.3 Å². The van der Waals surface area contributed by atoms with Crippen molar-refractivity contribution in [2.45, 2.75) is 65.2 Å². The second-order valence-electron chi connectivity index (χ2n) is 21.3. The van der Waals surface area contributed by atoms with Gasteiger partial charge in [-0.1, -0.05) is 82.0 Å². The minimum Gasteiger partial charge on any atom is -0.494 e. The summed E-state index contributed by atoms with van der Waals surface area (Å²) in [5, 5.41) is 8.28. The number of unbranched alkanes of at least 4 members (excludes halogenated alkanes) is 4. The summed E-state index contributed by atoms with van der Waals surface area (Å²) in [7, 11) is 0. The van der Waals surface area contributed by atoms with Gasteiger partial charge < -0.3 is 51.8 Å². The Labute approximate surface area is 535 Å².